The molecule has 1 aromatic heterocycles. The summed E-state index contributed by atoms with van der Waals surface area (Å²) in [7, 11) is 0. The molecule has 2 rings (SSSR count). The molecular formula is C34H59N2+. The normalized spacial score (nSPS) is 13.2. The fraction of sp³-hybridized carbons (Fsp3) is 0.735. The first-order chi connectivity index (χ1) is 17.8. The highest BCUT2D eigenvalue weighted by Gasteiger charge is 2.26. The molecule has 1 heterocycles. The van der Waals surface area contributed by atoms with E-state index in [0.29, 0.717) is 12.0 Å². The van der Waals surface area contributed by atoms with Crippen LogP contribution in [0.2, 0.25) is 0 Å². The molecule has 0 aliphatic rings. The summed E-state index contributed by atoms with van der Waals surface area (Å²) < 4.78 is 2.49. The summed E-state index contributed by atoms with van der Waals surface area (Å²) in [6.07, 6.45) is 35.8. The molecule has 1 N–H and O–H groups in total. The van der Waals surface area contributed by atoms with Gasteiger partial charge in [0.2, 0.25) is 6.33 Å². The molecule has 2 atom stereocenters. The summed E-state index contributed by atoms with van der Waals surface area (Å²) in [5, 5.41) is 0. The number of aromatic nitrogens is 2. The van der Waals surface area contributed by atoms with Crippen LogP contribution < -0.4 is 4.57 Å². The molecule has 2 heteroatoms. The largest absolute Gasteiger partial charge is 0.250 e. The van der Waals surface area contributed by atoms with Crippen molar-refractivity contribution in [2.45, 2.75) is 155 Å². The molecular weight excluding hydrogens is 436 g/mol. The van der Waals surface area contributed by atoms with E-state index in [2.05, 4.69) is 72.5 Å². The van der Waals surface area contributed by atoms with E-state index in [-0.39, 0.29) is 0 Å². The molecule has 0 saturated heterocycles. The van der Waals surface area contributed by atoms with Crippen molar-refractivity contribution in [3.63, 3.8) is 0 Å². The minimum Gasteiger partial charge on any atom is -0.250 e. The van der Waals surface area contributed by atoms with E-state index >= 15 is 0 Å². The molecule has 36 heavy (non-hydrogen) atoms. The van der Waals surface area contributed by atoms with Gasteiger partial charge in [-0.3, -0.25) is 4.98 Å². The number of unbranched alkanes of at least 4 members (excludes halogenated alkanes) is 16. The Kier molecular flexibility index (Phi) is 18.3. The van der Waals surface area contributed by atoms with Crippen molar-refractivity contribution in [3.8, 4) is 0 Å². The van der Waals surface area contributed by atoms with E-state index in [1.165, 1.54) is 140 Å². The van der Waals surface area contributed by atoms with Crippen LogP contribution in [0.1, 0.15) is 154 Å². The topological polar surface area (TPSA) is 19.7 Å². The van der Waals surface area contributed by atoms with Crippen molar-refractivity contribution in [2.24, 2.45) is 5.92 Å². The Hall–Kier alpha value is -1.57. The molecule has 0 bridgehead atoms. The first-order valence-corrected chi connectivity index (χ1v) is 15.9. The van der Waals surface area contributed by atoms with E-state index in [0.717, 1.165) is 0 Å². The third kappa shape index (κ3) is 14.2. The number of rotatable bonds is 24. The predicted octanol–water partition coefficient (Wildman–Crippen LogP) is 10.5. The van der Waals surface area contributed by atoms with Gasteiger partial charge in [-0.05, 0) is 31.2 Å². The molecule has 2 nitrogen and oxygen atoms in total. The molecule has 0 amide bonds. The van der Waals surface area contributed by atoms with Crippen LogP contribution in [0.4, 0.5) is 0 Å². The number of H-pyrrole nitrogens is 1. The van der Waals surface area contributed by atoms with Crippen LogP contribution >= 0.6 is 0 Å². The van der Waals surface area contributed by atoms with Crippen LogP contribution in [0.15, 0.2) is 49.1 Å². The van der Waals surface area contributed by atoms with Crippen molar-refractivity contribution >= 4 is 0 Å². The first kappa shape index (κ1) is 30.7. The number of nitrogens with one attached hydrogen (secondary N) is 1. The van der Waals surface area contributed by atoms with Gasteiger partial charge in [-0.25, -0.2) is 4.57 Å². The SMILES string of the molecule is CCCCCCCCCCCCC(Cc1ccccc1)C(CCCCCCCCCC)[n+]1cc[nH]c1. The number of hydrogen-bond acceptors (Lipinski definition) is 0. The highest BCUT2D eigenvalue weighted by atomic mass is 15.1. The van der Waals surface area contributed by atoms with Crippen molar-refractivity contribution in [1.29, 1.82) is 0 Å². The number of nitrogens with zero attached hydrogens (tertiary/aromatic N) is 1. The summed E-state index contributed by atoms with van der Waals surface area (Å²) in [5.41, 5.74) is 1.51. The lowest BCUT2D eigenvalue weighted by Crippen LogP contribution is -2.42. The van der Waals surface area contributed by atoms with Crippen LogP contribution in [0.25, 0.3) is 0 Å². The van der Waals surface area contributed by atoms with Crippen LogP contribution in [0, 0.1) is 5.92 Å². The second-order valence-corrected chi connectivity index (χ2v) is 11.3. The third-order valence-electron chi connectivity index (χ3n) is 8.12. The van der Waals surface area contributed by atoms with Gasteiger partial charge >= 0.3 is 0 Å². The highest BCUT2D eigenvalue weighted by Crippen LogP contribution is 2.29. The van der Waals surface area contributed by atoms with E-state index in [1.54, 1.807) is 0 Å². The van der Waals surface area contributed by atoms with E-state index in [9.17, 15) is 0 Å². The average molecular weight is 496 g/mol. The fourth-order valence-electron chi connectivity index (χ4n) is 5.86. The van der Waals surface area contributed by atoms with Crippen molar-refractivity contribution < 1.29 is 4.57 Å². The molecule has 0 aliphatic carbocycles. The smallest absolute Gasteiger partial charge is 0.241 e. The standard InChI is InChI=1S/C34H58N2/c1-3-5-7-9-11-13-14-15-17-22-26-33(30-32-24-20-19-21-25-32)34(36-29-28-35-31-36)27-23-18-16-12-10-8-6-4-2/h19-21,24-25,28-29,31,33-34H,3-18,22-23,26-27,30H2,1-2H3/p+1. The molecule has 0 spiro atoms. The zero-order valence-electron chi connectivity index (χ0n) is 24.1. The van der Waals surface area contributed by atoms with E-state index < -0.39 is 0 Å². The average Bonchev–Trinajstić information content (AvgIpc) is 3.44. The maximum atomic E-state index is 3.33. The van der Waals surface area contributed by atoms with Gasteiger partial charge in [-0.2, -0.15) is 0 Å². The van der Waals surface area contributed by atoms with Crippen LogP contribution in [0.3, 0.4) is 0 Å². The minimum atomic E-state index is 0.607. The van der Waals surface area contributed by atoms with Gasteiger partial charge in [0.1, 0.15) is 18.4 Å². The number of imidazole rings is 1. The summed E-state index contributed by atoms with van der Waals surface area (Å²) in [6, 6.07) is 11.9. The molecule has 1 aromatic carbocycles. The monoisotopic (exact) mass is 495 g/mol. The number of hydrogen-bond donors (Lipinski definition) is 1. The van der Waals surface area contributed by atoms with Crippen molar-refractivity contribution in [3.05, 3.63) is 54.6 Å². The van der Waals surface area contributed by atoms with Gasteiger partial charge in [-0.15, -0.1) is 0 Å². The quantitative estimate of drug-likeness (QED) is 0.110. The lowest BCUT2D eigenvalue weighted by Gasteiger charge is -2.25. The number of benzene rings is 1. The lowest BCUT2D eigenvalue weighted by molar-refractivity contribution is -0.730. The van der Waals surface area contributed by atoms with E-state index in [1.807, 2.05) is 0 Å². The second-order valence-electron chi connectivity index (χ2n) is 11.3. The summed E-state index contributed by atoms with van der Waals surface area (Å²) in [4.78, 5) is 3.33. The summed E-state index contributed by atoms with van der Waals surface area (Å²) in [5.74, 6) is 0.715. The summed E-state index contributed by atoms with van der Waals surface area (Å²) in [6.45, 7) is 4.61. The van der Waals surface area contributed by atoms with Crippen molar-refractivity contribution in [2.75, 3.05) is 0 Å². The maximum absolute atomic E-state index is 3.33. The minimum absolute atomic E-state index is 0.607. The van der Waals surface area contributed by atoms with Gasteiger partial charge < -0.3 is 0 Å². The Bertz CT molecular complexity index is 693. The zero-order valence-corrected chi connectivity index (χ0v) is 24.1. The Morgan fingerprint density at radius 2 is 1.11 bits per heavy atom. The zero-order chi connectivity index (χ0) is 25.5. The Balaban J connectivity index is 1.82. The highest BCUT2D eigenvalue weighted by molar-refractivity contribution is 5.15. The number of aromatic amines is 1. The Morgan fingerprint density at radius 3 is 1.61 bits per heavy atom. The van der Waals surface area contributed by atoms with Gasteiger partial charge in [0, 0.05) is 5.92 Å². The fourth-order valence-corrected chi connectivity index (χ4v) is 5.86. The van der Waals surface area contributed by atoms with Crippen LogP contribution in [0.5, 0.6) is 0 Å². The predicted molar refractivity (Wildman–Crippen MR) is 157 cm³/mol. The molecule has 0 saturated carbocycles. The van der Waals surface area contributed by atoms with Crippen molar-refractivity contribution in [1.82, 2.24) is 4.98 Å². The Morgan fingerprint density at radius 1 is 0.611 bits per heavy atom. The molecule has 0 fully saturated rings. The third-order valence-corrected chi connectivity index (χ3v) is 8.12. The first-order valence-electron chi connectivity index (χ1n) is 15.9. The van der Waals surface area contributed by atoms with Gasteiger partial charge in [-0.1, -0.05) is 153 Å². The van der Waals surface area contributed by atoms with Gasteiger partial charge in [0.05, 0.1) is 0 Å². The maximum Gasteiger partial charge on any atom is 0.241 e. The lowest BCUT2D eigenvalue weighted by atomic mass is 9.84. The van der Waals surface area contributed by atoms with Gasteiger partial charge in [0.15, 0.2) is 0 Å². The molecule has 2 unspecified atom stereocenters. The molecule has 0 aliphatic heterocycles. The molecule has 2 aromatic rings. The molecule has 204 valence electrons. The Labute approximate surface area is 224 Å². The second kappa shape index (κ2) is 21.5. The van der Waals surface area contributed by atoms with E-state index in [4.69, 9.17) is 0 Å². The van der Waals surface area contributed by atoms with Gasteiger partial charge in [0.25, 0.3) is 0 Å². The molecule has 0 radical (unpaired) electrons. The van der Waals surface area contributed by atoms with Crippen LogP contribution in [-0.4, -0.2) is 4.98 Å². The summed E-state index contributed by atoms with van der Waals surface area (Å²) >= 11 is 0. The van der Waals surface area contributed by atoms with Crippen LogP contribution in [-0.2, 0) is 6.42 Å².